The molecule has 0 aromatic heterocycles. The topological polar surface area (TPSA) is 237 Å². The zero-order chi connectivity index (χ0) is 77.1. The molecule has 0 aliphatic carbocycles. The molecule has 0 bridgehead atoms. The summed E-state index contributed by atoms with van der Waals surface area (Å²) in [5.74, 6) is -0.623. The zero-order valence-corrected chi connectivity index (χ0v) is 70.8. The molecule has 0 spiro atoms. The minimum Gasteiger partial charge on any atom is -0.462 e. The van der Waals surface area contributed by atoms with E-state index in [1.54, 1.807) is 0 Å². The van der Waals surface area contributed by atoms with Gasteiger partial charge >= 0.3 is 39.5 Å². The quantitative estimate of drug-likeness (QED) is 0.0222. The molecule has 0 heterocycles. The van der Waals surface area contributed by atoms with Crippen LogP contribution in [-0.2, 0) is 65.4 Å². The molecule has 0 fully saturated rings. The molecule has 0 aromatic carbocycles. The molecule has 0 amide bonds. The van der Waals surface area contributed by atoms with E-state index >= 15 is 0 Å². The molecular formula is C86H168O17P2. The number of unbranched alkanes of at least 4 members (excludes halogenated alkanes) is 55. The smallest absolute Gasteiger partial charge is 0.462 e. The van der Waals surface area contributed by atoms with Crippen LogP contribution in [0, 0.1) is 11.8 Å². The maximum Gasteiger partial charge on any atom is 0.472 e. The normalized spacial score (nSPS) is 13.8. The fourth-order valence-electron chi connectivity index (χ4n) is 13.4. The molecular weight excluding hydrogens is 1370 g/mol. The summed E-state index contributed by atoms with van der Waals surface area (Å²) >= 11 is 0. The molecule has 3 N–H and O–H groups in total. The summed E-state index contributed by atoms with van der Waals surface area (Å²) in [5, 5.41) is 10.7. The summed E-state index contributed by atoms with van der Waals surface area (Å²) in [5.41, 5.74) is 0. The number of hydrogen-bond acceptors (Lipinski definition) is 15. The molecule has 0 saturated heterocycles. The highest BCUT2D eigenvalue weighted by Crippen LogP contribution is 2.45. The van der Waals surface area contributed by atoms with Crippen molar-refractivity contribution in [2.24, 2.45) is 11.8 Å². The van der Waals surface area contributed by atoms with E-state index < -0.39 is 97.5 Å². The summed E-state index contributed by atoms with van der Waals surface area (Å²) in [7, 11) is -9.93. The average Bonchev–Trinajstić information content (AvgIpc) is 0.949. The number of aliphatic hydroxyl groups excluding tert-OH is 1. The SMILES string of the molecule is CCCCCCCCCCCCCCCCCCCCCCCCC(=O)O[C@H](COC(=O)CCCCCCCCCCCCCCCCCCCC)COP(=O)(O)OC[C@@H](O)COP(=O)(O)OC[C@@H](COC(=O)CCCCCCCCCC(C)C)OC(=O)CCCCCCCCCCCCCCC(C)C. The lowest BCUT2D eigenvalue weighted by Gasteiger charge is -2.21. The predicted octanol–water partition coefficient (Wildman–Crippen LogP) is 26.2. The minimum atomic E-state index is -4.97. The number of carbonyl (C=O) groups excluding carboxylic acids is 4. The summed E-state index contributed by atoms with van der Waals surface area (Å²) in [6, 6.07) is 0. The first kappa shape index (κ1) is 103. The Morgan fingerprint density at radius 2 is 0.438 bits per heavy atom. The Balaban J connectivity index is 5.22. The van der Waals surface area contributed by atoms with E-state index in [4.69, 9.17) is 37.0 Å². The number of phosphoric ester groups is 2. The van der Waals surface area contributed by atoms with Crippen molar-refractivity contribution in [1.29, 1.82) is 0 Å². The molecule has 0 radical (unpaired) electrons. The van der Waals surface area contributed by atoms with Gasteiger partial charge in [-0.3, -0.25) is 37.3 Å². The standard InChI is InChI=1S/C86H168O17P2/c1-7-9-11-13-15-17-19-21-23-25-27-28-29-30-32-34-36-41-45-51-58-64-70-85(90)102-81(74-96-83(88)68-62-56-50-44-40-35-33-31-26-24-22-20-18-16-14-12-10-8-2)76-100-104(92,93)98-72-80(87)73-99-105(94,95)101-77-82(75-97-84(89)69-63-57-53-47-49-55-61-67-79(5)6)103-86(91)71-65-59-52-46-42-38-37-39-43-48-54-60-66-78(3)4/h78-82,87H,7-77H2,1-6H3,(H,92,93)(H,94,95)/t80-,81-,82-/m1/s1. The van der Waals surface area contributed by atoms with E-state index in [0.717, 1.165) is 102 Å². The van der Waals surface area contributed by atoms with Gasteiger partial charge < -0.3 is 33.8 Å². The van der Waals surface area contributed by atoms with Crippen molar-refractivity contribution in [3.8, 4) is 0 Å². The van der Waals surface area contributed by atoms with Gasteiger partial charge in [-0.25, -0.2) is 9.13 Å². The largest absolute Gasteiger partial charge is 0.472 e. The lowest BCUT2D eigenvalue weighted by molar-refractivity contribution is -0.161. The summed E-state index contributed by atoms with van der Waals surface area (Å²) in [4.78, 5) is 73.2. The Bertz CT molecular complexity index is 2010. The summed E-state index contributed by atoms with van der Waals surface area (Å²) < 4.78 is 68.9. The predicted molar refractivity (Wildman–Crippen MR) is 432 cm³/mol. The highest BCUT2D eigenvalue weighted by Gasteiger charge is 2.30. The number of hydrogen-bond donors (Lipinski definition) is 3. The van der Waals surface area contributed by atoms with Crippen LogP contribution >= 0.6 is 15.6 Å². The highest BCUT2D eigenvalue weighted by molar-refractivity contribution is 7.47. The van der Waals surface area contributed by atoms with Gasteiger partial charge in [-0.2, -0.15) is 0 Å². The van der Waals surface area contributed by atoms with E-state index in [-0.39, 0.29) is 25.7 Å². The third-order valence-electron chi connectivity index (χ3n) is 20.2. The van der Waals surface area contributed by atoms with E-state index in [2.05, 4.69) is 41.5 Å². The van der Waals surface area contributed by atoms with Crippen LogP contribution in [0.25, 0.3) is 0 Å². The first-order chi connectivity index (χ1) is 50.9. The Morgan fingerprint density at radius 1 is 0.257 bits per heavy atom. The van der Waals surface area contributed by atoms with Gasteiger partial charge in [0.2, 0.25) is 0 Å². The minimum absolute atomic E-state index is 0.106. The molecule has 0 aliphatic heterocycles. The fourth-order valence-corrected chi connectivity index (χ4v) is 15.0. The zero-order valence-electron chi connectivity index (χ0n) is 69.0. The molecule has 5 atom stereocenters. The van der Waals surface area contributed by atoms with Crippen molar-refractivity contribution in [2.75, 3.05) is 39.6 Å². The first-order valence-electron chi connectivity index (χ1n) is 44.5. The van der Waals surface area contributed by atoms with Crippen LogP contribution in [0.4, 0.5) is 0 Å². The second-order valence-corrected chi connectivity index (χ2v) is 34.8. The summed E-state index contributed by atoms with van der Waals surface area (Å²) in [6.45, 7) is 9.62. The average molecular weight is 1540 g/mol. The lowest BCUT2D eigenvalue weighted by atomic mass is 10.0. The molecule has 2 unspecified atom stereocenters. The molecule has 17 nitrogen and oxygen atoms in total. The van der Waals surface area contributed by atoms with Crippen molar-refractivity contribution in [2.45, 2.75) is 477 Å². The molecule has 0 saturated carbocycles. The van der Waals surface area contributed by atoms with Crippen LogP contribution in [0.15, 0.2) is 0 Å². The fraction of sp³-hybridized carbons (Fsp3) is 0.953. The maximum absolute atomic E-state index is 13.1. The van der Waals surface area contributed by atoms with Crippen LogP contribution in [0.5, 0.6) is 0 Å². The monoisotopic (exact) mass is 1540 g/mol. The molecule has 0 aliphatic rings. The van der Waals surface area contributed by atoms with Crippen molar-refractivity contribution in [3.63, 3.8) is 0 Å². The van der Waals surface area contributed by atoms with E-state index in [1.807, 2.05) is 0 Å². The van der Waals surface area contributed by atoms with Gasteiger partial charge in [0.15, 0.2) is 12.2 Å². The lowest BCUT2D eigenvalue weighted by Crippen LogP contribution is -2.30. The van der Waals surface area contributed by atoms with Crippen molar-refractivity contribution >= 4 is 39.5 Å². The van der Waals surface area contributed by atoms with E-state index in [0.29, 0.717) is 31.6 Å². The third kappa shape index (κ3) is 79.9. The van der Waals surface area contributed by atoms with Gasteiger partial charge in [-0.1, -0.05) is 408 Å². The van der Waals surface area contributed by atoms with Gasteiger partial charge in [0, 0.05) is 25.7 Å². The van der Waals surface area contributed by atoms with Gasteiger partial charge in [0.25, 0.3) is 0 Å². The van der Waals surface area contributed by atoms with Gasteiger partial charge in [-0.15, -0.1) is 0 Å². The maximum atomic E-state index is 13.1. The molecule has 624 valence electrons. The van der Waals surface area contributed by atoms with Crippen LogP contribution < -0.4 is 0 Å². The van der Waals surface area contributed by atoms with E-state index in [9.17, 15) is 43.2 Å². The van der Waals surface area contributed by atoms with Gasteiger partial charge in [0.1, 0.15) is 19.3 Å². The summed E-state index contributed by atoms with van der Waals surface area (Å²) in [6.07, 6.45) is 69.7. The van der Waals surface area contributed by atoms with Crippen molar-refractivity contribution < 1.29 is 80.2 Å². The van der Waals surface area contributed by atoms with Crippen LogP contribution in [0.1, 0.15) is 459 Å². The van der Waals surface area contributed by atoms with Crippen LogP contribution in [-0.4, -0.2) is 96.7 Å². The molecule has 105 heavy (non-hydrogen) atoms. The Morgan fingerprint density at radius 3 is 0.648 bits per heavy atom. The number of carbonyl (C=O) groups is 4. The molecule has 0 rings (SSSR count). The van der Waals surface area contributed by atoms with Gasteiger partial charge in [0.05, 0.1) is 26.4 Å². The second kappa shape index (κ2) is 77.4. The number of phosphoric acid groups is 2. The molecule has 0 aromatic rings. The number of rotatable bonds is 85. The van der Waals surface area contributed by atoms with Gasteiger partial charge in [-0.05, 0) is 37.5 Å². The van der Waals surface area contributed by atoms with Crippen molar-refractivity contribution in [3.05, 3.63) is 0 Å². The van der Waals surface area contributed by atoms with Crippen molar-refractivity contribution in [1.82, 2.24) is 0 Å². The number of ether oxygens (including phenoxy) is 4. The van der Waals surface area contributed by atoms with Crippen LogP contribution in [0.3, 0.4) is 0 Å². The Kier molecular flexibility index (Phi) is 76.0. The second-order valence-electron chi connectivity index (χ2n) is 31.9. The number of esters is 4. The first-order valence-corrected chi connectivity index (χ1v) is 47.5. The Labute approximate surface area is 645 Å². The number of aliphatic hydroxyl groups is 1. The third-order valence-corrected chi connectivity index (χ3v) is 22.1. The molecule has 19 heteroatoms. The van der Waals surface area contributed by atoms with E-state index in [1.165, 1.54) is 270 Å². The highest BCUT2D eigenvalue weighted by atomic mass is 31.2. The van der Waals surface area contributed by atoms with Crippen LogP contribution in [0.2, 0.25) is 0 Å². The Hall–Kier alpha value is -1.94.